The molecule has 2 rings (SSSR count). The largest absolute Gasteiger partial charge is 0.459 e. The molecule has 9 nitrogen and oxygen atoms in total. The van der Waals surface area contributed by atoms with Gasteiger partial charge in [-0.1, -0.05) is 0 Å². The number of aromatic amines is 1. The number of ether oxygens (including phenoxy) is 1. The van der Waals surface area contributed by atoms with Gasteiger partial charge in [-0.2, -0.15) is 9.40 Å². The van der Waals surface area contributed by atoms with E-state index < -0.39 is 21.9 Å². The summed E-state index contributed by atoms with van der Waals surface area (Å²) in [5, 5.41) is 6.56. The molecule has 1 fully saturated rings. The highest BCUT2D eigenvalue weighted by molar-refractivity contribution is 7.89. The molecule has 1 aliphatic heterocycles. The summed E-state index contributed by atoms with van der Waals surface area (Å²) < 4.78 is 31.3. The first-order valence-corrected chi connectivity index (χ1v) is 8.70. The van der Waals surface area contributed by atoms with E-state index >= 15 is 0 Å². The van der Waals surface area contributed by atoms with Crippen molar-refractivity contribution >= 4 is 21.9 Å². The molecule has 1 aromatic rings. The fraction of sp³-hybridized carbons (Fsp3) is 0.615. The summed E-state index contributed by atoms with van der Waals surface area (Å²) >= 11 is 0. The minimum atomic E-state index is -3.67. The van der Waals surface area contributed by atoms with Gasteiger partial charge in [0.05, 0.1) is 18.0 Å². The molecule has 128 valence electrons. The van der Waals surface area contributed by atoms with Crippen molar-refractivity contribution in [2.45, 2.75) is 25.7 Å². The summed E-state index contributed by atoms with van der Waals surface area (Å²) in [4.78, 5) is 24.8. The Bertz CT molecular complexity index is 684. The molecule has 0 spiro atoms. The van der Waals surface area contributed by atoms with Crippen molar-refractivity contribution in [3.8, 4) is 0 Å². The number of rotatable bonds is 3. The predicted molar refractivity (Wildman–Crippen MR) is 80.0 cm³/mol. The zero-order valence-corrected chi connectivity index (χ0v) is 14.1. The van der Waals surface area contributed by atoms with Gasteiger partial charge in [0.2, 0.25) is 10.0 Å². The maximum atomic E-state index is 12.7. The third-order valence-electron chi connectivity index (χ3n) is 3.63. The zero-order valence-electron chi connectivity index (χ0n) is 13.3. The van der Waals surface area contributed by atoms with Crippen molar-refractivity contribution in [1.29, 1.82) is 0 Å². The van der Waals surface area contributed by atoms with Gasteiger partial charge in [-0.3, -0.25) is 9.89 Å². The van der Waals surface area contributed by atoms with E-state index in [-0.39, 0.29) is 37.7 Å². The molecule has 2 heterocycles. The molecule has 0 atom stereocenters. The number of amides is 1. The molecule has 1 saturated heterocycles. The van der Waals surface area contributed by atoms with Crippen LogP contribution in [-0.2, 0) is 24.3 Å². The van der Waals surface area contributed by atoms with Crippen molar-refractivity contribution in [2.75, 3.05) is 32.8 Å². The summed E-state index contributed by atoms with van der Waals surface area (Å²) in [6.45, 7) is 5.54. The topological polar surface area (TPSA) is 113 Å². The summed E-state index contributed by atoms with van der Waals surface area (Å²) in [5.41, 5.74) is 0.889. The van der Waals surface area contributed by atoms with E-state index in [1.807, 2.05) is 0 Å². The van der Waals surface area contributed by atoms with Crippen LogP contribution >= 0.6 is 0 Å². The third kappa shape index (κ3) is 3.37. The van der Waals surface area contributed by atoms with Gasteiger partial charge in [-0.15, -0.1) is 0 Å². The minimum absolute atomic E-state index is 0.123. The molecular weight excluding hydrogens is 324 g/mol. The summed E-state index contributed by atoms with van der Waals surface area (Å²) in [6.07, 6.45) is 0. The van der Waals surface area contributed by atoms with Crippen molar-refractivity contribution in [2.24, 2.45) is 0 Å². The molecule has 1 amide bonds. The molecule has 0 radical (unpaired) electrons. The van der Waals surface area contributed by atoms with Crippen molar-refractivity contribution in [3.05, 3.63) is 11.4 Å². The number of aromatic nitrogens is 2. The number of nitrogens with one attached hydrogen (secondary N) is 1. The Balaban J connectivity index is 2.07. The summed E-state index contributed by atoms with van der Waals surface area (Å²) in [7, 11) is -3.67. The maximum Gasteiger partial charge on any atom is 0.397 e. The number of carbonyl (C=O) groups excluding carboxylic acids is 2. The van der Waals surface area contributed by atoms with Crippen LogP contribution in [0.2, 0.25) is 0 Å². The van der Waals surface area contributed by atoms with Gasteiger partial charge < -0.3 is 9.64 Å². The average molecular weight is 344 g/mol. The van der Waals surface area contributed by atoms with E-state index in [2.05, 4.69) is 14.9 Å². The van der Waals surface area contributed by atoms with Crippen LogP contribution in [0.1, 0.15) is 18.3 Å². The SMILES string of the molecule is CCOC(=O)C(=O)N1CCN(S(=O)(=O)c2c(C)n[nH]c2C)CC1. The second-order valence-electron chi connectivity index (χ2n) is 5.18. The van der Waals surface area contributed by atoms with Gasteiger partial charge >= 0.3 is 11.9 Å². The fourth-order valence-electron chi connectivity index (χ4n) is 2.50. The lowest BCUT2D eigenvalue weighted by Crippen LogP contribution is -2.52. The molecule has 0 unspecified atom stereocenters. The van der Waals surface area contributed by atoms with Gasteiger partial charge in [0, 0.05) is 26.2 Å². The molecular formula is C13H20N4O5S. The minimum Gasteiger partial charge on any atom is -0.459 e. The van der Waals surface area contributed by atoms with E-state index in [1.54, 1.807) is 20.8 Å². The van der Waals surface area contributed by atoms with Gasteiger partial charge in [0.15, 0.2) is 0 Å². The number of sulfonamides is 1. The molecule has 0 bridgehead atoms. The Hall–Kier alpha value is -1.94. The Morgan fingerprint density at radius 2 is 1.83 bits per heavy atom. The number of aryl methyl sites for hydroxylation is 2. The molecule has 23 heavy (non-hydrogen) atoms. The lowest BCUT2D eigenvalue weighted by atomic mass is 10.3. The van der Waals surface area contributed by atoms with Crippen LogP contribution in [0.25, 0.3) is 0 Å². The van der Waals surface area contributed by atoms with Crippen LogP contribution in [-0.4, -0.2) is 72.5 Å². The maximum absolute atomic E-state index is 12.7. The second kappa shape index (κ2) is 6.67. The Morgan fingerprint density at radius 1 is 1.22 bits per heavy atom. The van der Waals surface area contributed by atoms with Crippen LogP contribution in [0.3, 0.4) is 0 Å². The number of hydrogen-bond acceptors (Lipinski definition) is 6. The predicted octanol–water partition coefficient (Wildman–Crippen LogP) is -0.577. The van der Waals surface area contributed by atoms with E-state index in [0.29, 0.717) is 11.4 Å². The lowest BCUT2D eigenvalue weighted by Gasteiger charge is -2.33. The summed E-state index contributed by atoms with van der Waals surface area (Å²) in [5.74, 6) is -1.65. The van der Waals surface area contributed by atoms with Gasteiger partial charge in [-0.25, -0.2) is 13.2 Å². The number of esters is 1. The molecule has 0 saturated carbocycles. The van der Waals surface area contributed by atoms with Crippen molar-refractivity contribution in [3.63, 3.8) is 0 Å². The number of H-pyrrole nitrogens is 1. The normalized spacial score (nSPS) is 16.4. The van der Waals surface area contributed by atoms with Crippen molar-refractivity contribution in [1.82, 2.24) is 19.4 Å². The first kappa shape index (κ1) is 17.4. The Morgan fingerprint density at radius 3 is 2.30 bits per heavy atom. The Kier molecular flexibility index (Phi) is 5.05. The monoisotopic (exact) mass is 344 g/mol. The van der Waals surface area contributed by atoms with Gasteiger partial charge in [0.25, 0.3) is 0 Å². The highest BCUT2D eigenvalue weighted by Crippen LogP contribution is 2.22. The average Bonchev–Trinajstić information content (AvgIpc) is 2.86. The molecule has 0 aliphatic carbocycles. The molecule has 1 aliphatic rings. The first-order valence-electron chi connectivity index (χ1n) is 7.26. The van der Waals surface area contributed by atoms with Gasteiger partial charge in [0.1, 0.15) is 4.90 Å². The van der Waals surface area contributed by atoms with Gasteiger partial charge in [-0.05, 0) is 20.8 Å². The summed E-state index contributed by atoms with van der Waals surface area (Å²) in [6, 6.07) is 0. The highest BCUT2D eigenvalue weighted by atomic mass is 32.2. The molecule has 0 aromatic carbocycles. The van der Waals surface area contributed by atoms with E-state index in [4.69, 9.17) is 0 Å². The standard InChI is InChI=1S/C13H20N4O5S/c1-4-22-13(19)12(18)16-5-7-17(8-6-16)23(20,21)11-9(2)14-15-10(11)3/h4-8H2,1-3H3,(H,14,15). The van der Waals surface area contributed by atoms with Crippen LogP contribution in [0, 0.1) is 13.8 Å². The Labute approximate surface area is 134 Å². The number of nitrogens with zero attached hydrogens (tertiary/aromatic N) is 3. The van der Waals surface area contributed by atoms with Crippen LogP contribution < -0.4 is 0 Å². The van der Waals surface area contributed by atoms with Crippen LogP contribution in [0.5, 0.6) is 0 Å². The number of carbonyl (C=O) groups is 2. The van der Waals surface area contributed by atoms with Crippen LogP contribution in [0.4, 0.5) is 0 Å². The van der Waals surface area contributed by atoms with E-state index in [9.17, 15) is 18.0 Å². The molecule has 10 heteroatoms. The molecule has 1 N–H and O–H groups in total. The highest BCUT2D eigenvalue weighted by Gasteiger charge is 2.34. The third-order valence-corrected chi connectivity index (χ3v) is 5.80. The van der Waals surface area contributed by atoms with E-state index in [0.717, 1.165) is 0 Å². The van der Waals surface area contributed by atoms with Crippen LogP contribution in [0.15, 0.2) is 4.90 Å². The fourth-order valence-corrected chi connectivity index (χ4v) is 4.26. The van der Waals surface area contributed by atoms with E-state index in [1.165, 1.54) is 9.21 Å². The number of hydrogen-bond donors (Lipinski definition) is 1. The molecule has 1 aromatic heterocycles. The number of piperazine rings is 1. The second-order valence-corrected chi connectivity index (χ2v) is 7.05. The quantitative estimate of drug-likeness (QED) is 0.580. The zero-order chi connectivity index (χ0) is 17.2. The smallest absolute Gasteiger partial charge is 0.397 e. The first-order chi connectivity index (χ1) is 10.8. The van der Waals surface area contributed by atoms with Crippen molar-refractivity contribution < 1.29 is 22.7 Å². The lowest BCUT2D eigenvalue weighted by molar-refractivity contribution is -0.160.